The summed E-state index contributed by atoms with van der Waals surface area (Å²) in [6.07, 6.45) is 1.91. The molecule has 3 nitrogen and oxygen atoms in total. The molecule has 3 heteroatoms. The predicted octanol–water partition coefficient (Wildman–Crippen LogP) is 0.809. The summed E-state index contributed by atoms with van der Waals surface area (Å²) in [7, 11) is 1.60. The molecule has 0 amide bonds. The minimum absolute atomic E-state index is 0.00468. The number of methoxy groups -OCH3 is 1. The molecule has 0 saturated heterocycles. The summed E-state index contributed by atoms with van der Waals surface area (Å²) in [5, 5.41) is 9.60. The molecule has 1 saturated carbocycles. The molecule has 1 aliphatic carbocycles. The van der Waals surface area contributed by atoms with Gasteiger partial charge in [0, 0.05) is 13.7 Å². The molecule has 2 unspecified atom stereocenters. The van der Waals surface area contributed by atoms with Gasteiger partial charge in [0.05, 0.1) is 12.7 Å². The van der Waals surface area contributed by atoms with E-state index >= 15 is 0 Å². The Kier molecular flexibility index (Phi) is 3.98. The highest BCUT2D eigenvalue weighted by molar-refractivity contribution is 4.86. The molecule has 1 fully saturated rings. The van der Waals surface area contributed by atoms with Crippen LogP contribution in [0.4, 0.5) is 0 Å². The van der Waals surface area contributed by atoms with Gasteiger partial charge in [0.2, 0.25) is 0 Å². The van der Waals surface area contributed by atoms with Gasteiger partial charge in [-0.1, -0.05) is 0 Å². The van der Waals surface area contributed by atoms with E-state index in [9.17, 15) is 5.11 Å². The van der Waals surface area contributed by atoms with Gasteiger partial charge in [0.1, 0.15) is 6.10 Å². The van der Waals surface area contributed by atoms with Crippen LogP contribution >= 0.6 is 0 Å². The van der Waals surface area contributed by atoms with Crippen LogP contribution in [0.15, 0.2) is 0 Å². The topological polar surface area (TPSA) is 38.7 Å². The highest BCUT2D eigenvalue weighted by Gasteiger charge is 2.36. The van der Waals surface area contributed by atoms with Gasteiger partial charge in [-0.15, -0.1) is 0 Å². The third kappa shape index (κ3) is 2.73. The lowest BCUT2D eigenvalue weighted by molar-refractivity contribution is -0.0711. The van der Waals surface area contributed by atoms with Crippen molar-refractivity contribution in [3.05, 3.63) is 0 Å². The summed E-state index contributed by atoms with van der Waals surface area (Å²) in [6.45, 7) is 3.00. The minimum Gasteiger partial charge on any atom is -0.388 e. The fourth-order valence-electron chi connectivity index (χ4n) is 1.44. The second-order valence-electron chi connectivity index (χ2n) is 3.28. The zero-order valence-electron chi connectivity index (χ0n) is 7.82. The van der Waals surface area contributed by atoms with Crippen molar-refractivity contribution in [2.45, 2.75) is 32.0 Å². The molecule has 0 bridgehead atoms. The van der Waals surface area contributed by atoms with Gasteiger partial charge in [-0.3, -0.25) is 0 Å². The van der Waals surface area contributed by atoms with Crippen LogP contribution < -0.4 is 0 Å². The summed E-state index contributed by atoms with van der Waals surface area (Å²) in [4.78, 5) is 0. The largest absolute Gasteiger partial charge is 0.388 e. The quantitative estimate of drug-likeness (QED) is 0.647. The molecule has 1 rings (SSSR count). The molecular weight excluding hydrogens is 156 g/mol. The molecule has 72 valence electrons. The van der Waals surface area contributed by atoms with Gasteiger partial charge >= 0.3 is 0 Å². The number of aliphatic hydroxyl groups is 1. The number of aliphatic hydroxyl groups excluding tert-OH is 1. The van der Waals surface area contributed by atoms with Gasteiger partial charge in [-0.25, -0.2) is 0 Å². The highest BCUT2D eigenvalue weighted by atomic mass is 16.5. The molecule has 0 aliphatic heterocycles. The summed E-state index contributed by atoms with van der Waals surface area (Å²) >= 11 is 0. The van der Waals surface area contributed by atoms with Crippen molar-refractivity contribution in [2.24, 2.45) is 5.92 Å². The first-order valence-corrected chi connectivity index (χ1v) is 4.58. The van der Waals surface area contributed by atoms with Crippen LogP contribution in [-0.4, -0.2) is 37.6 Å². The van der Waals surface area contributed by atoms with Crippen LogP contribution in [0.5, 0.6) is 0 Å². The number of ether oxygens (including phenoxy) is 2. The molecule has 2 atom stereocenters. The Labute approximate surface area is 73.7 Å². The summed E-state index contributed by atoms with van der Waals surface area (Å²) < 4.78 is 10.3. The van der Waals surface area contributed by atoms with Crippen LogP contribution in [0, 0.1) is 5.92 Å². The summed E-state index contributed by atoms with van der Waals surface area (Å²) in [6, 6.07) is 0. The lowest BCUT2D eigenvalue weighted by Gasteiger charge is -2.21. The van der Waals surface area contributed by atoms with Gasteiger partial charge in [-0.2, -0.15) is 0 Å². The van der Waals surface area contributed by atoms with E-state index in [2.05, 4.69) is 0 Å². The van der Waals surface area contributed by atoms with Crippen LogP contribution in [0.3, 0.4) is 0 Å². The van der Waals surface area contributed by atoms with E-state index in [-0.39, 0.29) is 6.10 Å². The van der Waals surface area contributed by atoms with E-state index in [1.54, 1.807) is 7.11 Å². The third-order valence-corrected chi connectivity index (χ3v) is 2.16. The predicted molar refractivity (Wildman–Crippen MR) is 46.0 cm³/mol. The van der Waals surface area contributed by atoms with E-state index in [0.29, 0.717) is 19.1 Å². The monoisotopic (exact) mass is 174 g/mol. The standard InChI is InChI=1S/C9H18O3/c1-3-12-9(7-4-5-7)8(10)6-11-2/h7-10H,3-6H2,1-2H3. The van der Waals surface area contributed by atoms with E-state index in [1.165, 1.54) is 12.8 Å². The first-order chi connectivity index (χ1) is 5.79. The van der Waals surface area contributed by atoms with Crippen LogP contribution in [-0.2, 0) is 9.47 Å². The third-order valence-electron chi connectivity index (χ3n) is 2.16. The van der Waals surface area contributed by atoms with Crippen molar-refractivity contribution in [2.75, 3.05) is 20.3 Å². The summed E-state index contributed by atoms with van der Waals surface area (Å²) in [5.41, 5.74) is 0. The minimum atomic E-state index is -0.456. The lowest BCUT2D eigenvalue weighted by atomic mass is 10.1. The number of hydrogen-bond donors (Lipinski definition) is 1. The maximum atomic E-state index is 9.60. The van der Waals surface area contributed by atoms with Crippen molar-refractivity contribution in [1.82, 2.24) is 0 Å². The fourth-order valence-corrected chi connectivity index (χ4v) is 1.44. The van der Waals surface area contributed by atoms with E-state index in [1.807, 2.05) is 6.92 Å². The van der Waals surface area contributed by atoms with Crippen LogP contribution in [0.25, 0.3) is 0 Å². The molecular formula is C9H18O3. The van der Waals surface area contributed by atoms with Gasteiger partial charge in [0.15, 0.2) is 0 Å². The Hall–Kier alpha value is -0.120. The molecule has 0 radical (unpaired) electrons. The van der Waals surface area contributed by atoms with Crippen molar-refractivity contribution in [3.8, 4) is 0 Å². The maximum Gasteiger partial charge on any atom is 0.104 e. The fraction of sp³-hybridized carbons (Fsp3) is 1.00. The number of rotatable bonds is 6. The smallest absolute Gasteiger partial charge is 0.104 e. The van der Waals surface area contributed by atoms with Gasteiger partial charge in [-0.05, 0) is 25.7 Å². The second kappa shape index (κ2) is 4.80. The summed E-state index contributed by atoms with van der Waals surface area (Å²) in [5.74, 6) is 0.565. The second-order valence-corrected chi connectivity index (χ2v) is 3.28. The zero-order chi connectivity index (χ0) is 8.97. The first-order valence-electron chi connectivity index (χ1n) is 4.58. The van der Waals surface area contributed by atoms with E-state index < -0.39 is 6.10 Å². The normalized spacial score (nSPS) is 22.2. The average Bonchev–Trinajstić information content (AvgIpc) is 2.83. The van der Waals surface area contributed by atoms with Crippen LogP contribution in [0.1, 0.15) is 19.8 Å². The number of hydrogen-bond acceptors (Lipinski definition) is 3. The maximum absolute atomic E-state index is 9.60. The Morgan fingerprint density at radius 2 is 2.17 bits per heavy atom. The van der Waals surface area contributed by atoms with Crippen molar-refractivity contribution < 1.29 is 14.6 Å². The average molecular weight is 174 g/mol. The molecule has 0 aromatic carbocycles. The van der Waals surface area contributed by atoms with E-state index in [0.717, 1.165) is 0 Å². The SMILES string of the molecule is CCOC(C(O)COC)C1CC1. The Morgan fingerprint density at radius 3 is 2.58 bits per heavy atom. The first kappa shape index (κ1) is 9.96. The molecule has 1 aliphatic rings. The van der Waals surface area contributed by atoms with Crippen molar-refractivity contribution >= 4 is 0 Å². The van der Waals surface area contributed by atoms with Gasteiger partial charge in [0.25, 0.3) is 0 Å². The van der Waals surface area contributed by atoms with Gasteiger partial charge < -0.3 is 14.6 Å². The molecule has 1 N–H and O–H groups in total. The van der Waals surface area contributed by atoms with Crippen molar-refractivity contribution in [1.29, 1.82) is 0 Å². The zero-order valence-corrected chi connectivity index (χ0v) is 7.82. The molecule has 0 heterocycles. The Balaban J connectivity index is 2.29. The molecule has 0 aromatic heterocycles. The van der Waals surface area contributed by atoms with E-state index in [4.69, 9.17) is 9.47 Å². The molecule has 0 aromatic rings. The highest BCUT2D eigenvalue weighted by Crippen LogP contribution is 2.35. The molecule has 12 heavy (non-hydrogen) atoms. The Morgan fingerprint density at radius 1 is 1.50 bits per heavy atom. The lowest BCUT2D eigenvalue weighted by Crippen LogP contribution is -2.34. The Bertz CT molecular complexity index is 123. The van der Waals surface area contributed by atoms with Crippen molar-refractivity contribution in [3.63, 3.8) is 0 Å². The molecule has 0 spiro atoms. The van der Waals surface area contributed by atoms with Crippen LogP contribution in [0.2, 0.25) is 0 Å².